The van der Waals surface area contributed by atoms with E-state index >= 15 is 0 Å². The van der Waals surface area contributed by atoms with E-state index in [1.54, 1.807) is 6.92 Å². The van der Waals surface area contributed by atoms with E-state index in [9.17, 15) is 23.1 Å². The van der Waals surface area contributed by atoms with Gasteiger partial charge in [-0.25, -0.2) is 0 Å². The number of hydrogen-bond donors (Lipinski definition) is 3. The number of rotatable bonds is 5. The van der Waals surface area contributed by atoms with E-state index in [1.165, 1.54) is 13.8 Å². The van der Waals surface area contributed by atoms with Gasteiger partial charge in [0.15, 0.2) is 0 Å². The summed E-state index contributed by atoms with van der Waals surface area (Å²) in [6.45, 7) is 5.21. The molecule has 2 aliphatic rings. The Morgan fingerprint density at radius 3 is 2.05 bits per heavy atom. The van der Waals surface area contributed by atoms with Crippen LogP contribution in [-0.4, -0.2) is 36.0 Å². The Morgan fingerprint density at radius 1 is 1.33 bits per heavy atom. The number of carbonyl (C=O) groups is 1. The molecule has 0 aromatic carbocycles. The van der Waals surface area contributed by atoms with Gasteiger partial charge < -0.3 is 0 Å². The van der Waals surface area contributed by atoms with E-state index < -0.39 is 57.2 Å². The van der Waals surface area contributed by atoms with Gasteiger partial charge in [-0.2, -0.15) is 0 Å². The molecule has 0 radical (unpaired) electrons. The Labute approximate surface area is 142 Å². The third kappa shape index (κ3) is 2.78. The summed E-state index contributed by atoms with van der Waals surface area (Å²) < 4.78 is 48.9. The molecule has 3 N–H and O–H groups in total. The average Bonchev–Trinajstić information content (AvgIpc) is 3.10. The van der Waals surface area contributed by atoms with Gasteiger partial charge in [0.1, 0.15) is 0 Å². The molecule has 2 saturated heterocycles. The molecule has 0 aromatic rings. The first-order valence-electron chi connectivity index (χ1n) is 6.22. The van der Waals surface area contributed by atoms with Crippen molar-refractivity contribution in [2.75, 3.05) is 0 Å². The summed E-state index contributed by atoms with van der Waals surface area (Å²) in [4.78, 5) is 12.3. The summed E-state index contributed by atoms with van der Waals surface area (Å²) >= 11 is 0.453. The van der Waals surface area contributed by atoms with Crippen molar-refractivity contribution in [1.29, 1.82) is 0 Å². The zero-order valence-electron chi connectivity index (χ0n) is 11.8. The van der Waals surface area contributed by atoms with Gasteiger partial charge >= 0.3 is 142 Å². The predicted molar refractivity (Wildman–Crippen MR) is 86.8 cm³/mol. The van der Waals surface area contributed by atoms with E-state index in [1.807, 2.05) is 22.6 Å². The van der Waals surface area contributed by atoms with Crippen LogP contribution in [-0.2, 0) is 9.53 Å². The molecular formula is C11H17F3I2N2O3. The first kappa shape index (κ1) is 17.9. The molecular weight excluding hydrogens is 519 g/mol. The van der Waals surface area contributed by atoms with Crippen LogP contribution in [0.3, 0.4) is 0 Å². The molecule has 2 heterocycles. The van der Waals surface area contributed by atoms with Crippen LogP contribution in [0, 0.1) is 5.92 Å². The number of aliphatic hydroxyl groups is 1. The van der Waals surface area contributed by atoms with E-state index in [-0.39, 0.29) is 0 Å². The van der Waals surface area contributed by atoms with Crippen molar-refractivity contribution in [2.45, 2.75) is 52.7 Å². The van der Waals surface area contributed by atoms with Crippen molar-refractivity contribution in [1.82, 2.24) is 7.06 Å². The maximum atomic E-state index is 13.0. The molecule has 0 aromatic heterocycles. The van der Waals surface area contributed by atoms with Gasteiger partial charge in [-0.1, -0.05) is 0 Å². The Morgan fingerprint density at radius 2 is 1.76 bits per heavy atom. The van der Waals surface area contributed by atoms with Crippen molar-refractivity contribution in [3.05, 3.63) is 0 Å². The topological polar surface area (TPSA) is 90.4 Å². The van der Waals surface area contributed by atoms with E-state index in [2.05, 4.69) is 7.06 Å². The van der Waals surface area contributed by atoms with Crippen LogP contribution >= 0.6 is 43.0 Å². The van der Waals surface area contributed by atoms with Crippen molar-refractivity contribution in [2.24, 2.45) is 5.92 Å². The van der Waals surface area contributed by atoms with Gasteiger partial charge in [-0.15, -0.1) is 0 Å². The third-order valence-electron chi connectivity index (χ3n) is 3.66. The first-order valence-corrected chi connectivity index (χ1v) is 10.5. The quantitative estimate of drug-likeness (QED) is 0.125. The third-order valence-corrected chi connectivity index (χ3v) is 10.8. The molecule has 3 atom stereocenters. The summed E-state index contributed by atoms with van der Waals surface area (Å²) in [7, 11) is 0. The fraction of sp³-hybridized carbons (Fsp3) is 0.909. The second-order valence-corrected chi connectivity index (χ2v) is 12.3. The molecule has 2 fully saturated rings. The van der Waals surface area contributed by atoms with Gasteiger partial charge in [0.2, 0.25) is 0 Å². The molecule has 0 amide bonds. The number of fused-ring (bicyclic) bond motifs is 1. The molecule has 2 aliphatic heterocycles. The number of alkyl halides is 5. The van der Waals surface area contributed by atoms with E-state index in [0.29, 0.717) is 6.92 Å². The van der Waals surface area contributed by atoms with Gasteiger partial charge in [-0.05, 0) is 0 Å². The fourth-order valence-electron chi connectivity index (χ4n) is 2.01. The number of hydrogen-bond acceptors (Lipinski definition) is 5. The zero-order chi connectivity index (χ0) is 16.4. The Hall–Kier alpha value is 0.600. The zero-order valence-corrected chi connectivity index (χ0v) is 16.1. The van der Waals surface area contributed by atoms with Crippen LogP contribution < -0.4 is 7.06 Å². The normalized spacial score (nSPS) is 28.2. The number of carbonyl (C=O) groups excluding carboxylic acids is 1. The number of nitrogens with one attached hydrogen (secondary N) is 2. The number of esters is 1. The minimum absolute atomic E-state index is 0.430. The second-order valence-electron chi connectivity index (χ2n) is 5.85. The van der Waals surface area contributed by atoms with E-state index in [4.69, 9.17) is 4.74 Å². The van der Waals surface area contributed by atoms with Crippen LogP contribution in [0.15, 0.2) is 0 Å². The predicted octanol–water partition coefficient (Wildman–Crippen LogP) is 2.26. The van der Waals surface area contributed by atoms with Crippen molar-refractivity contribution >= 4 is 48.9 Å². The van der Waals surface area contributed by atoms with Crippen LogP contribution in [0.4, 0.5) is 13.2 Å². The van der Waals surface area contributed by atoms with Crippen molar-refractivity contribution in [3.8, 4) is 0 Å². The molecule has 124 valence electrons. The number of halogens is 5. The average molecular weight is 536 g/mol. The second kappa shape index (κ2) is 5.05. The van der Waals surface area contributed by atoms with Gasteiger partial charge in [0, 0.05) is 0 Å². The summed E-state index contributed by atoms with van der Waals surface area (Å²) in [5, 5.41) is 9.80. The Balaban J connectivity index is 2.15. The fourth-order valence-corrected chi connectivity index (χ4v) is 9.77. The molecule has 10 heteroatoms. The molecule has 0 bridgehead atoms. The van der Waals surface area contributed by atoms with E-state index in [0.717, 1.165) is 0 Å². The SMILES string of the molecule is CC(C)C(OC(=O)C(C)(I)C12NI1N2)C(C)(O)C(F)(F)F. The molecule has 5 nitrogen and oxygen atoms in total. The van der Waals surface area contributed by atoms with Crippen LogP contribution in [0.5, 0.6) is 0 Å². The summed E-state index contributed by atoms with van der Waals surface area (Å²) in [5.41, 5.74) is -3.09. The molecule has 2 rings (SSSR count). The molecule has 0 spiro atoms. The number of ether oxygens (including phenoxy) is 1. The van der Waals surface area contributed by atoms with Crippen LogP contribution in [0.1, 0.15) is 27.7 Å². The van der Waals surface area contributed by atoms with Crippen LogP contribution in [0.25, 0.3) is 0 Å². The standard InChI is InChI=1S/C11H17F3I2N2O3/c1-5(2)6(9(4,20)10(12,13)14)21-7(19)8(3,15)11-16(17-11)18-11/h5-6,17-18,20H,1-4H3. The summed E-state index contributed by atoms with van der Waals surface area (Å²) in [6, 6.07) is 0. The molecule has 0 saturated carbocycles. The van der Waals surface area contributed by atoms with Crippen LogP contribution in [0.2, 0.25) is 0 Å². The Kier molecular flexibility index (Phi) is 4.31. The van der Waals surface area contributed by atoms with Gasteiger partial charge in [0.25, 0.3) is 0 Å². The van der Waals surface area contributed by atoms with Gasteiger partial charge in [-0.3, -0.25) is 0 Å². The Bertz CT molecular complexity index is 462. The minimum atomic E-state index is -4.88. The monoisotopic (exact) mass is 536 g/mol. The molecule has 3 unspecified atom stereocenters. The van der Waals surface area contributed by atoms with Crippen molar-refractivity contribution in [3.63, 3.8) is 0 Å². The first-order chi connectivity index (χ1) is 9.27. The van der Waals surface area contributed by atoms with Crippen molar-refractivity contribution < 1.29 is 27.8 Å². The maximum absolute atomic E-state index is 13.0. The summed E-state index contributed by atoms with van der Waals surface area (Å²) in [6.07, 6.45) is -6.54. The summed E-state index contributed by atoms with van der Waals surface area (Å²) in [5.74, 6) is -1.42. The molecule has 0 aliphatic carbocycles. The molecule has 21 heavy (non-hydrogen) atoms. The van der Waals surface area contributed by atoms with Gasteiger partial charge in [0.05, 0.1) is 0 Å².